The molecule has 0 aliphatic carbocycles. The molecule has 1 heterocycles. The predicted molar refractivity (Wildman–Crippen MR) is 44.5 cm³/mol. The van der Waals surface area contributed by atoms with Gasteiger partial charge in [0.25, 0.3) is 0 Å². The van der Waals surface area contributed by atoms with Crippen LogP contribution in [0.5, 0.6) is 5.75 Å². The van der Waals surface area contributed by atoms with Crippen molar-refractivity contribution >= 4 is 0 Å². The lowest BCUT2D eigenvalue weighted by atomic mass is 9.96. The molecule has 4 heteroatoms. The number of aliphatic hydroxyl groups is 1. The molecule has 0 bridgehead atoms. The predicted octanol–water partition coefficient (Wildman–Crippen LogP) is -0.0466. The number of pyridine rings is 1. The average Bonchev–Trinajstić information content (AvgIpc) is 2.05. The summed E-state index contributed by atoms with van der Waals surface area (Å²) < 4.78 is 0. The van der Waals surface area contributed by atoms with Gasteiger partial charge in [0.2, 0.25) is 0 Å². The molecule has 0 spiro atoms. The first kappa shape index (κ1) is 8.96. The Balaban J connectivity index is 3.03. The van der Waals surface area contributed by atoms with E-state index in [2.05, 4.69) is 4.98 Å². The van der Waals surface area contributed by atoms with Crippen LogP contribution in [0.1, 0.15) is 12.5 Å². The maximum Gasteiger partial charge on any atom is 0.134 e. The summed E-state index contributed by atoms with van der Waals surface area (Å²) >= 11 is 0. The highest BCUT2D eigenvalue weighted by Gasteiger charge is 2.20. The number of aliphatic hydroxyl groups excluding tert-OH is 1. The first-order chi connectivity index (χ1) is 5.56. The van der Waals surface area contributed by atoms with Crippen molar-refractivity contribution in [3.63, 3.8) is 0 Å². The van der Waals surface area contributed by atoms with Crippen LogP contribution < -0.4 is 5.73 Å². The summed E-state index contributed by atoms with van der Waals surface area (Å²) in [5.74, 6) is 0.0534. The second-order valence-electron chi connectivity index (χ2n) is 3.01. The van der Waals surface area contributed by atoms with Crippen molar-refractivity contribution in [1.82, 2.24) is 4.98 Å². The largest absolute Gasteiger partial charge is 0.506 e. The minimum Gasteiger partial charge on any atom is -0.506 e. The molecule has 0 radical (unpaired) electrons. The first-order valence-electron chi connectivity index (χ1n) is 3.60. The summed E-state index contributed by atoms with van der Waals surface area (Å²) in [7, 11) is 0. The summed E-state index contributed by atoms with van der Waals surface area (Å²) in [6.45, 7) is 1.49. The van der Waals surface area contributed by atoms with Crippen molar-refractivity contribution in [1.29, 1.82) is 0 Å². The fourth-order valence-electron chi connectivity index (χ4n) is 0.831. The van der Waals surface area contributed by atoms with Crippen LogP contribution in [0, 0.1) is 0 Å². The fourth-order valence-corrected chi connectivity index (χ4v) is 0.831. The average molecular weight is 168 g/mol. The first-order valence-corrected chi connectivity index (χ1v) is 3.60. The topological polar surface area (TPSA) is 79.4 Å². The molecule has 1 aromatic heterocycles. The quantitative estimate of drug-likeness (QED) is 0.578. The molecule has 1 rings (SSSR count). The number of aromatic nitrogens is 1. The highest BCUT2D eigenvalue weighted by molar-refractivity contribution is 5.27. The van der Waals surface area contributed by atoms with Crippen molar-refractivity contribution in [2.75, 3.05) is 6.61 Å². The fraction of sp³-hybridized carbons (Fsp3) is 0.375. The van der Waals surface area contributed by atoms with Crippen LogP contribution in [0.15, 0.2) is 18.5 Å². The Kier molecular flexibility index (Phi) is 2.30. The lowest BCUT2D eigenvalue weighted by Crippen LogP contribution is -2.36. The zero-order chi connectivity index (χ0) is 9.19. The third kappa shape index (κ3) is 1.72. The number of rotatable bonds is 2. The molecule has 0 aliphatic heterocycles. The standard InChI is InChI=1S/C8H12N2O2/c1-8(9,5-11)6-2-7(12)4-10-3-6/h2-4,11-12H,5,9H2,1H3/t8-/m1/s1. The van der Waals surface area contributed by atoms with E-state index >= 15 is 0 Å². The molecule has 0 unspecified atom stereocenters. The Hall–Kier alpha value is -1.13. The van der Waals surface area contributed by atoms with E-state index in [-0.39, 0.29) is 12.4 Å². The third-order valence-electron chi connectivity index (χ3n) is 1.71. The van der Waals surface area contributed by atoms with Gasteiger partial charge in [-0.1, -0.05) is 0 Å². The van der Waals surface area contributed by atoms with Crippen LogP contribution in [0.3, 0.4) is 0 Å². The molecule has 0 aliphatic rings. The van der Waals surface area contributed by atoms with Gasteiger partial charge in [0.1, 0.15) is 5.75 Å². The van der Waals surface area contributed by atoms with E-state index < -0.39 is 5.54 Å². The minimum atomic E-state index is -0.842. The van der Waals surface area contributed by atoms with Crippen LogP contribution in [-0.4, -0.2) is 21.8 Å². The summed E-state index contributed by atoms with van der Waals surface area (Å²) in [6.07, 6.45) is 2.84. The van der Waals surface area contributed by atoms with Gasteiger partial charge in [-0.25, -0.2) is 0 Å². The highest BCUT2D eigenvalue weighted by Crippen LogP contribution is 2.19. The van der Waals surface area contributed by atoms with E-state index in [0.29, 0.717) is 5.56 Å². The van der Waals surface area contributed by atoms with Gasteiger partial charge in [-0.3, -0.25) is 4.98 Å². The van der Waals surface area contributed by atoms with Gasteiger partial charge < -0.3 is 15.9 Å². The van der Waals surface area contributed by atoms with E-state index in [1.807, 2.05) is 0 Å². The molecule has 0 fully saturated rings. The molecule has 66 valence electrons. The summed E-state index contributed by atoms with van der Waals surface area (Å²) in [6, 6.07) is 1.49. The van der Waals surface area contributed by atoms with Crippen LogP contribution in [-0.2, 0) is 5.54 Å². The van der Waals surface area contributed by atoms with Gasteiger partial charge in [0, 0.05) is 6.20 Å². The molecule has 1 aromatic rings. The Morgan fingerprint density at radius 1 is 1.58 bits per heavy atom. The second kappa shape index (κ2) is 3.08. The van der Waals surface area contributed by atoms with Gasteiger partial charge in [-0.2, -0.15) is 0 Å². The Labute approximate surface area is 70.7 Å². The third-order valence-corrected chi connectivity index (χ3v) is 1.71. The zero-order valence-corrected chi connectivity index (χ0v) is 6.86. The maximum atomic E-state index is 9.07. The maximum absolute atomic E-state index is 9.07. The summed E-state index contributed by atoms with van der Waals surface area (Å²) in [5.41, 5.74) is 5.48. The molecular weight excluding hydrogens is 156 g/mol. The van der Waals surface area contributed by atoms with E-state index in [1.165, 1.54) is 18.5 Å². The van der Waals surface area contributed by atoms with Gasteiger partial charge in [0.05, 0.1) is 18.3 Å². The van der Waals surface area contributed by atoms with Gasteiger partial charge in [0.15, 0.2) is 0 Å². The lowest BCUT2D eigenvalue weighted by Gasteiger charge is -2.21. The summed E-state index contributed by atoms with van der Waals surface area (Å²) in [4.78, 5) is 3.76. The normalized spacial score (nSPS) is 15.6. The Bertz CT molecular complexity index is 274. The van der Waals surface area contributed by atoms with E-state index in [9.17, 15) is 0 Å². The molecule has 0 saturated carbocycles. The highest BCUT2D eigenvalue weighted by atomic mass is 16.3. The second-order valence-corrected chi connectivity index (χ2v) is 3.01. The monoisotopic (exact) mass is 168 g/mol. The molecule has 1 atom stereocenters. The van der Waals surface area contributed by atoms with Crippen molar-refractivity contribution < 1.29 is 10.2 Å². The number of nitrogens with zero attached hydrogens (tertiary/aromatic N) is 1. The van der Waals surface area contributed by atoms with Crippen LogP contribution in [0.25, 0.3) is 0 Å². The molecule has 4 N–H and O–H groups in total. The number of aromatic hydroxyl groups is 1. The number of hydrogen-bond donors (Lipinski definition) is 3. The van der Waals surface area contributed by atoms with Crippen molar-refractivity contribution in [3.05, 3.63) is 24.0 Å². The van der Waals surface area contributed by atoms with Gasteiger partial charge in [-0.15, -0.1) is 0 Å². The molecular formula is C8H12N2O2. The number of hydrogen-bond acceptors (Lipinski definition) is 4. The number of nitrogens with two attached hydrogens (primary N) is 1. The van der Waals surface area contributed by atoms with Crippen LogP contribution in [0.4, 0.5) is 0 Å². The molecule has 12 heavy (non-hydrogen) atoms. The van der Waals surface area contributed by atoms with E-state index in [4.69, 9.17) is 15.9 Å². The van der Waals surface area contributed by atoms with Crippen LogP contribution in [0.2, 0.25) is 0 Å². The van der Waals surface area contributed by atoms with Gasteiger partial charge >= 0.3 is 0 Å². The van der Waals surface area contributed by atoms with Gasteiger partial charge in [-0.05, 0) is 18.6 Å². The Morgan fingerprint density at radius 2 is 2.25 bits per heavy atom. The minimum absolute atomic E-state index is 0.0534. The molecule has 0 amide bonds. The van der Waals surface area contributed by atoms with Crippen molar-refractivity contribution in [2.24, 2.45) is 5.73 Å². The van der Waals surface area contributed by atoms with Crippen molar-refractivity contribution in [2.45, 2.75) is 12.5 Å². The molecule has 4 nitrogen and oxygen atoms in total. The zero-order valence-electron chi connectivity index (χ0n) is 6.86. The van der Waals surface area contributed by atoms with Crippen molar-refractivity contribution in [3.8, 4) is 5.75 Å². The lowest BCUT2D eigenvalue weighted by molar-refractivity contribution is 0.209. The molecule has 0 aromatic carbocycles. The smallest absolute Gasteiger partial charge is 0.134 e. The van der Waals surface area contributed by atoms with Crippen LogP contribution >= 0.6 is 0 Å². The Morgan fingerprint density at radius 3 is 2.75 bits per heavy atom. The van der Waals surface area contributed by atoms with E-state index in [0.717, 1.165) is 0 Å². The van der Waals surface area contributed by atoms with E-state index in [1.54, 1.807) is 6.92 Å². The summed E-state index contributed by atoms with van der Waals surface area (Å²) in [5, 5.41) is 18.0. The SMILES string of the molecule is C[C@@](N)(CO)c1cncc(O)c1. The molecule has 0 saturated heterocycles.